The van der Waals surface area contributed by atoms with Crippen LogP contribution < -0.4 is 0 Å². The number of ether oxygens (including phenoxy) is 1. The van der Waals surface area contributed by atoms with Crippen LogP contribution in [0.4, 0.5) is 0 Å². The molecule has 6 heteroatoms. The summed E-state index contributed by atoms with van der Waals surface area (Å²) in [7, 11) is 1.82. The molecule has 1 aromatic heterocycles. The third kappa shape index (κ3) is 2.79. The van der Waals surface area contributed by atoms with Crippen molar-refractivity contribution in [2.75, 3.05) is 13.2 Å². The van der Waals surface area contributed by atoms with Crippen LogP contribution in [0.25, 0.3) is 0 Å². The lowest BCUT2D eigenvalue weighted by Gasteiger charge is -2.28. The Kier molecular flexibility index (Phi) is 4.38. The highest BCUT2D eigenvalue weighted by molar-refractivity contribution is 5.96. The summed E-state index contributed by atoms with van der Waals surface area (Å²) >= 11 is 0. The highest BCUT2D eigenvalue weighted by Crippen LogP contribution is 2.24. The van der Waals surface area contributed by atoms with E-state index < -0.39 is 5.97 Å². The SMILES string of the molecule is CCOC(=O)c1nn(C)c2c1CN(C(=O)c1ccccc1C)CC2. The number of esters is 1. The Morgan fingerprint density at radius 1 is 1.29 bits per heavy atom. The molecule has 3 rings (SSSR count). The van der Waals surface area contributed by atoms with Gasteiger partial charge in [0.05, 0.1) is 13.2 Å². The zero-order chi connectivity index (χ0) is 17.3. The number of aryl methyl sites for hydroxylation is 2. The first kappa shape index (κ1) is 16.2. The summed E-state index contributed by atoms with van der Waals surface area (Å²) in [6.07, 6.45) is 0.676. The normalized spacial score (nSPS) is 13.5. The van der Waals surface area contributed by atoms with Crippen LogP contribution in [0, 0.1) is 6.92 Å². The molecule has 1 aliphatic heterocycles. The molecular formula is C18H21N3O3. The second kappa shape index (κ2) is 6.47. The maximum absolute atomic E-state index is 12.8. The number of amides is 1. The zero-order valence-corrected chi connectivity index (χ0v) is 14.2. The summed E-state index contributed by atoms with van der Waals surface area (Å²) in [5.74, 6) is -0.447. The number of rotatable bonds is 3. The number of hydrogen-bond donors (Lipinski definition) is 0. The molecule has 0 aliphatic carbocycles. The minimum Gasteiger partial charge on any atom is -0.461 e. The Morgan fingerprint density at radius 2 is 2.04 bits per heavy atom. The predicted molar refractivity (Wildman–Crippen MR) is 88.8 cm³/mol. The number of carbonyl (C=O) groups is 2. The lowest BCUT2D eigenvalue weighted by Crippen LogP contribution is -2.37. The van der Waals surface area contributed by atoms with E-state index in [4.69, 9.17) is 4.74 Å². The van der Waals surface area contributed by atoms with Gasteiger partial charge in [-0.3, -0.25) is 9.48 Å². The first-order valence-electron chi connectivity index (χ1n) is 8.09. The first-order valence-corrected chi connectivity index (χ1v) is 8.09. The van der Waals surface area contributed by atoms with E-state index in [0.717, 1.165) is 16.8 Å². The van der Waals surface area contributed by atoms with Crippen LogP contribution in [0.2, 0.25) is 0 Å². The monoisotopic (exact) mass is 327 g/mol. The van der Waals surface area contributed by atoms with Gasteiger partial charge in [0.25, 0.3) is 5.91 Å². The average molecular weight is 327 g/mol. The fourth-order valence-electron chi connectivity index (χ4n) is 3.11. The Balaban J connectivity index is 1.90. The second-order valence-electron chi connectivity index (χ2n) is 5.91. The standard InChI is InChI=1S/C18H21N3O3/c1-4-24-18(23)16-14-11-21(10-9-15(14)20(3)19-16)17(22)13-8-6-5-7-12(13)2/h5-8H,4,9-11H2,1-3H3. The van der Waals surface area contributed by atoms with E-state index in [9.17, 15) is 9.59 Å². The number of aromatic nitrogens is 2. The summed E-state index contributed by atoms with van der Waals surface area (Å²) < 4.78 is 6.81. The molecule has 0 N–H and O–H groups in total. The third-order valence-electron chi connectivity index (χ3n) is 4.37. The Morgan fingerprint density at radius 3 is 2.75 bits per heavy atom. The van der Waals surface area contributed by atoms with Crippen molar-refractivity contribution in [2.24, 2.45) is 7.05 Å². The first-order chi connectivity index (χ1) is 11.5. The van der Waals surface area contributed by atoms with Crippen LogP contribution in [-0.4, -0.2) is 39.7 Å². The quantitative estimate of drug-likeness (QED) is 0.810. The van der Waals surface area contributed by atoms with Crippen molar-refractivity contribution < 1.29 is 14.3 Å². The molecule has 0 atom stereocenters. The van der Waals surface area contributed by atoms with Gasteiger partial charge in [0.1, 0.15) is 0 Å². The van der Waals surface area contributed by atoms with E-state index in [-0.39, 0.29) is 5.91 Å². The van der Waals surface area contributed by atoms with Gasteiger partial charge in [-0.1, -0.05) is 18.2 Å². The van der Waals surface area contributed by atoms with Gasteiger partial charge in [0, 0.05) is 36.8 Å². The van der Waals surface area contributed by atoms with Gasteiger partial charge in [-0.05, 0) is 25.5 Å². The van der Waals surface area contributed by atoms with Gasteiger partial charge in [-0.15, -0.1) is 0 Å². The fraction of sp³-hybridized carbons (Fsp3) is 0.389. The highest BCUT2D eigenvalue weighted by atomic mass is 16.5. The molecule has 126 valence electrons. The van der Waals surface area contributed by atoms with Crippen molar-refractivity contribution in [3.05, 3.63) is 52.3 Å². The molecule has 0 fully saturated rings. The fourth-order valence-corrected chi connectivity index (χ4v) is 3.11. The van der Waals surface area contributed by atoms with Crippen molar-refractivity contribution in [1.82, 2.24) is 14.7 Å². The molecular weight excluding hydrogens is 306 g/mol. The molecule has 1 aliphatic rings. The molecule has 0 unspecified atom stereocenters. The van der Waals surface area contributed by atoms with Crippen LogP contribution in [0.5, 0.6) is 0 Å². The maximum Gasteiger partial charge on any atom is 0.359 e. The van der Waals surface area contributed by atoms with Gasteiger partial charge in [0.15, 0.2) is 5.69 Å². The van der Waals surface area contributed by atoms with Crippen molar-refractivity contribution in [1.29, 1.82) is 0 Å². The van der Waals surface area contributed by atoms with Gasteiger partial charge in [0.2, 0.25) is 0 Å². The Labute approximate surface area is 141 Å². The van der Waals surface area contributed by atoms with Crippen LogP contribution in [0.1, 0.15) is 44.6 Å². The molecule has 24 heavy (non-hydrogen) atoms. The smallest absolute Gasteiger partial charge is 0.359 e. The van der Waals surface area contributed by atoms with Crippen molar-refractivity contribution in [2.45, 2.75) is 26.8 Å². The molecule has 0 bridgehead atoms. The summed E-state index contributed by atoms with van der Waals surface area (Å²) in [6, 6.07) is 7.55. The Hall–Kier alpha value is -2.63. The van der Waals surface area contributed by atoms with E-state index >= 15 is 0 Å². The van der Waals surface area contributed by atoms with E-state index in [0.29, 0.717) is 37.4 Å². The number of fused-ring (bicyclic) bond motifs is 1. The Bertz CT molecular complexity index is 795. The number of nitrogens with zero attached hydrogens (tertiary/aromatic N) is 3. The van der Waals surface area contributed by atoms with E-state index in [2.05, 4.69) is 5.10 Å². The minimum atomic E-state index is -0.431. The summed E-state index contributed by atoms with van der Waals surface area (Å²) in [5.41, 5.74) is 3.75. The molecule has 0 radical (unpaired) electrons. The van der Waals surface area contributed by atoms with Crippen LogP contribution in [0.15, 0.2) is 24.3 Å². The van der Waals surface area contributed by atoms with Gasteiger partial charge >= 0.3 is 5.97 Å². The van der Waals surface area contributed by atoms with Crippen LogP contribution >= 0.6 is 0 Å². The number of benzene rings is 1. The van der Waals surface area contributed by atoms with Crippen molar-refractivity contribution in [3.8, 4) is 0 Å². The molecule has 0 spiro atoms. The van der Waals surface area contributed by atoms with Crippen molar-refractivity contribution in [3.63, 3.8) is 0 Å². The van der Waals surface area contributed by atoms with Gasteiger partial charge in [-0.25, -0.2) is 4.79 Å². The highest BCUT2D eigenvalue weighted by Gasteiger charge is 2.30. The van der Waals surface area contributed by atoms with E-state index in [1.165, 1.54) is 0 Å². The lowest BCUT2D eigenvalue weighted by atomic mass is 10.0. The number of carbonyl (C=O) groups excluding carboxylic acids is 2. The van der Waals surface area contributed by atoms with Crippen LogP contribution in [0.3, 0.4) is 0 Å². The molecule has 1 aromatic carbocycles. The molecule has 6 nitrogen and oxygen atoms in total. The predicted octanol–water partition coefficient (Wildman–Crippen LogP) is 2.10. The lowest BCUT2D eigenvalue weighted by molar-refractivity contribution is 0.0513. The van der Waals surface area contributed by atoms with Gasteiger partial charge in [-0.2, -0.15) is 5.10 Å². The summed E-state index contributed by atoms with van der Waals surface area (Å²) in [5, 5.41) is 4.30. The number of hydrogen-bond acceptors (Lipinski definition) is 4. The molecule has 2 heterocycles. The van der Waals surface area contributed by atoms with E-state index in [1.807, 2.05) is 38.2 Å². The molecule has 0 saturated carbocycles. The summed E-state index contributed by atoms with van der Waals surface area (Å²) in [4.78, 5) is 26.7. The third-order valence-corrected chi connectivity index (χ3v) is 4.37. The molecule has 1 amide bonds. The maximum atomic E-state index is 12.8. The molecule has 0 saturated heterocycles. The zero-order valence-electron chi connectivity index (χ0n) is 14.2. The summed E-state index contributed by atoms with van der Waals surface area (Å²) in [6.45, 7) is 4.99. The van der Waals surface area contributed by atoms with Gasteiger partial charge < -0.3 is 9.64 Å². The van der Waals surface area contributed by atoms with Crippen molar-refractivity contribution >= 4 is 11.9 Å². The van der Waals surface area contributed by atoms with Crippen LogP contribution in [-0.2, 0) is 24.8 Å². The topological polar surface area (TPSA) is 64.4 Å². The molecule has 2 aromatic rings. The second-order valence-corrected chi connectivity index (χ2v) is 5.91. The minimum absolute atomic E-state index is 0.0163. The average Bonchev–Trinajstić information content (AvgIpc) is 2.91. The van der Waals surface area contributed by atoms with E-state index in [1.54, 1.807) is 16.5 Å². The largest absolute Gasteiger partial charge is 0.461 e.